The fourth-order valence-electron chi connectivity index (χ4n) is 7.54. The molecule has 10 aromatic rings. The van der Waals surface area contributed by atoms with Crippen LogP contribution in [-0.2, 0) is 0 Å². The molecule has 10 rings (SSSR count). The highest BCUT2D eigenvalue weighted by molar-refractivity contribution is 6.22. The lowest BCUT2D eigenvalue weighted by Gasteiger charge is -2.19. The van der Waals surface area contributed by atoms with Gasteiger partial charge in [-0.25, -0.2) is 0 Å². The molecule has 0 saturated carbocycles. The van der Waals surface area contributed by atoms with Crippen LogP contribution in [0.15, 0.2) is 186 Å². The Labute approximate surface area is 288 Å². The average molecular weight is 626 g/mol. The normalized spacial score (nSPS) is 12.5. The van der Waals surface area contributed by atoms with E-state index in [1.807, 2.05) is 97.1 Å². The minimum absolute atomic E-state index is 0.0440. The van der Waals surface area contributed by atoms with Crippen LogP contribution in [-0.4, -0.2) is 0 Å². The van der Waals surface area contributed by atoms with Crippen LogP contribution in [0.3, 0.4) is 0 Å². The Morgan fingerprint density at radius 1 is 0.367 bits per heavy atom. The quantitative estimate of drug-likeness (QED) is 0.177. The molecule has 49 heavy (non-hydrogen) atoms. The second kappa shape index (κ2) is 11.1. The summed E-state index contributed by atoms with van der Waals surface area (Å²) < 4.78 is 35.6. The Morgan fingerprint density at radius 3 is 1.55 bits per heavy atom. The number of hydrogen-bond acceptors (Lipinski definition) is 1. The first kappa shape index (κ1) is 24.7. The molecule has 9 aromatic carbocycles. The van der Waals surface area contributed by atoms with Gasteiger partial charge < -0.3 is 4.42 Å². The Hall–Kier alpha value is -6.44. The van der Waals surface area contributed by atoms with Crippen LogP contribution in [0, 0.1) is 0 Å². The van der Waals surface area contributed by atoms with Gasteiger partial charge in [0.05, 0.1) is 4.11 Å². The van der Waals surface area contributed by atoms with Gasteiger partial charge in [-0.1, -0.05) is 158 Å². The van der Waals surface area contributed by atoms with E-state index in [0.29, 0.717) is 16.7 Å². The maximum Gasteiger partial charge on any atom is 0.143 e. The minimum atomic E-state index is 0.0440. The van der Waals surface area contributed by atoms with Crippen molar-refractivity contribution < 1.29 is 8.53 Å². The maximum absolute atomic E-state index is 9.90. The minimum Gasteiger partial charge on any atom is -0.455 e. The van der Waals surface area contributed by atoms with Crippen molar-refractivity contribution in [1.82, 2.24) is 0 Å². The molecular formula is C48H30O. The van der Waals surface area contributed by atoms with Crippen molar-refractivity contribution in [2.45, 2.75) is 0 Å². The van der Waals surface area contributed by atoms with Crippen molar-refractivity contribution in [1.29, 1.82) is 0 Å². The molecular weight excluding hydrogens is 593 g/mol. The molecule has 0 radical (unpaired) electrons. The summed E-state index contributed by atoms with van der Waals surface area (Å²) in [6, 6.07) is 55.6. The van der Waals surface area contributed by atoms with Gasteiger partial charge in [0, 0.05) is 16.2 Å². The molecule has 0 fully saturated rings. The van der Waals surface area contributed by atoms with Gasteiger partial charge in [-0.05, 0) is 95.7 Å². The molecule has 0 atom stereocenters. The van der Waals surface area contributed by atoms with Crippen LogP contribution in [0.4, 0.5) is 0 Å². The van der Waals surface area contributed by atoms with Gasteiger partial charge in [-0.2, -0.15) is 0 Å². The van der Waals surface area contributed by atoms with Gasteiger partial charge in [0.1, 0.15) is 11.2 Å². The van der Waals surface area contributed by atoms with E-state index in [1.54, 1.807) is 0 Å². The van der Waals surface area contributed by atoms with Crippen LogP contribution in [0.1, 0.15) is 4.11 Å². The van der Waals surface area contributed by atoms with E-state index in [-0.39, 0.29) is 18.1 Å². The molecule has 0 aliphatic rings. The summed E-state index contributed by atoms with van der Waals surface area (Å²) in [4.78, 5) is 0. The average Bonchev–Trinajstić information content (AvgIpc) is 3.58. The highest BCUT2D eigenvalue weighted by atomic mass is 16.3. The fourth-order valence-corrected chi connectivity index (χ4v) is 7.54. The fraction of sp³-hybridized carbons (Fsp3) is 0. The van der Waals surface area contributed by atoms with Crippen LogP contribution >= 0.6 is 0 Å². The van der Waals surface area contributed by atoms with Crippen LogP contribution < -0.4 is 0 Å². The Balaban J connectivity index is 1.29. The Bertz CT molecular complexity index is 2980. The van der Waals surface area contributed by atoms with Crippen LogP contribution in [0.5, 0.6) is 0 Å². The smallest absolute Gasteiger partial charge is 0.143 e. The summed E-state index contributed by atoms with van der Waals surface area (Å²) in [7, 11) is 0. The number of furan rings is 1. The molecule has 1 nitrogen and oxygen atoms in total. The number of fused-ring (bicyclic) bond motifs is 7. The molecule has 0 spiro atoms. The van der Waals surface area contributed by atoms with Gasteiger partial charge in [0.25, 0.3) is 0 Å². The zero-order valence-corrected chi connectivity index (χ0v) is 26.5. The van der Waals surface area contributed by atoms with E-state index in [4.69, 9.17) is 4.42 Å². The summed E-state index contributed by atoms with van der Waals surface area (Å²) in [6.45, 7) is 0. The number of rotatable bonds is 4. The molecule has 1 aromatic heterocycles. The maximum atomic E-state index is 9.90. The largest absolute Gasteiger partial charge is 0.455 e. The van der Waals surface area contributed by atoms with Crippen molar-refractivity contribution in [3.05, 3.63) is 182 Å². The zero-order chi connectivity index (χ0) is 34.9. The summed E-state index contributed by atoms with van der Waals surface area (Å²) in [5.41, 5.74) is 7.98. The van der Waals surface area contributed by atoms with E-state index < -0.39 is 0 Å². The van der Waals surface area contributed by atoms with Crippen molar-refractivity contribution in [2.24, 2.45) is 0 Å². The summed E-state index contributed by atoms with van der Waals surface area (Å²) in [5, 5.41) is 8.29. The standard InChI is InChI=1S/C48H30O/c1-3-13-31(14-4-1)36-26-24-34(29-44(36)32-15-5-2-6-16-32)46-39-19-9-11-21-41(39)47(42-22-12-10-20-40(42)46)35-25-27-38-43-28-23-33-17-7-8-18-37(33)48(43)49-45(38)30-35/h1-30H/i24D,26D,29D. The topological polar surface area (TPSA) is 13.1 Å². The SMILES string of the molecule is [2H]c1c([2H])c(-c2ccccc2)c(-c2ccccc2)c([2H])c1-c1c2ccccc2c(-c2ccc3c(c2)oc2c4ccccc4ccc32)c2ccccc12. The second-order valence-electron chi connectivity index (χ2n) is 12.5. The molecule has 1 heterocycles. The molecule has 0 aliphatic heterocycles. The molecule has 0 amide bonds. The summed E-state index contributed by atoms with van der Waals surface area (Å²) in [5.74, 6) is 0. The van der Waals surface area contributed by atoms with E-state index >= 15 is 0 Å². The van der Waals surface area contributed by atoms with Gasteiger partial charge in [-0.15, -0.1) is 0 Å². The first-order chi connectivity index (χ1) is 25.6. The Morgan fingerprint density at radius 2 is 0.898 bits per heavy atom. The predicted molar refractivity (Wildman–Crippen MR) is 208 cm³/mol. The monoisotopic (exact) mass is 625 g/mol. The van der Waals surface area contributed by atoms with E-state index in [9.17, 15) is 4.11 Å². The van der Waals surface area contributed by atoms with Crippen molar-refractivity contribution >= 4 is 54.3 Å². The van der Waals surface area contributed by atoms with Crippen molar-refractivity contribution in [3.63, 3.8) is 0 Å². The van der Waals surface area contributed by atoms with Crippen LogP contribution in [0.2, 0.25) is 0 Å². The van der Waals surface area contributed by atoms with Gasteiger partial charge in [0.15, 0.2) is 0 Å². The van der Waals surface area contributed by atoms with Crippen molar-refractivity contribution in [3.8, 4) is 44.5 Å². The third kappa shape index (κ3) is 4.40. The first-order valence-electron chi connectivity index (χ1n) is 18.1. The third-order valence-electron chi connectivity index (χ3n) is 9.77. The molecule has 1 heteroatoms. The number of hydrogen-bond donors (Lipinski definition) is 0. The highest BCUT2D eigenvalue weighted by Gasteiger charge is 2.19. The Kier molecular flexibility index (Phi) is 5.58. The van der Waals surface area contributed by atoms with E-state index in [0.717, 1.165) is 82.1 Å². The highest BCUT2D eigenvalue weighted by Crippen LogP contribution is 2.46. The molecule has 0 aliphatic carbocycles. The summed E-state index contributed by atoms with van der Waals surface area (Å²) in [6.07, 6.45) is 0. The molecule has 228 valence electrons. The van der Waals surface area contributed by atoms with Crippen molar-refractivity contribution in [2.75, 3.05) is 0 Å². The third-order valence-corrected chi connectivity index (χ3v) is 9.77. The van der Waals surface area contributed by atoms with Gasteiger partial charge in [-0.3, -0.25) is 0 Å². The van der Waals surface area contributed by atoms with Gasteiger partial charge >= 0.3 is 0 Å². The number of benzene rings is 9. The zero-order valence-electron chi connectivity index (χ0n) is 29.5. The predicted octanol–water partition coefficient (Wildman–Crippen LogP) is 13.7. The molecule has 0 unspecified atom stereocenters. The first-order valence-corrected chi connectivity index (χ1v) is 16.6. The lowest BCUT2D eigenvalue weighted by molar-refractivity contribution is 0.673. The lowest BCUT2D eigenvalue weighted by Crippen LogP contribution is -1.92. The van der Waals surface area contributed by atoms with Crippen LogP contribution in [0.25, 0.3) is 98.8 Å². The molecule has 0 bridgehead atoms. The van der Waals surface area contributed by atoms with E-state index in [1.165, 1.54) is 0 Å². The molecule has 0 N–H and O–H groups in total. The second-order valence-corrected chi connectivity index (χ2v) is 12.5. The molecule has 0 saturated heterocycles. The van der Waals surface area contributed by atoms with E-state index in [2.05, 4.69) is 66.7 Å². The summed E-state index contributed by atoms with van der Waals surface area (Å²) >= 11 is 0. The lowest BCUT2D eigenvalue weighted by atomic mass is 9.84. The van der Waals surface area contributed by atoms with Gasteiger partial charge in [0.2, 0.25) is 0 Å².